The molecule has 0 saturated carbocycles. The van der Waals surface area contributed by atoms with Crippen molar-refractivity contribution in [1.82, 2.24) is 20.0 Å². The highest BCUT2D eigenvalue weighted by molar-refractivity contribution is 6.31. The maximum Gasteiger partial charge on any atom is 0.274 e. The van der Waals surface area contributed by atoms with Crippen molar-refractivity contribution in [2.45, 2.75) is 13.1 Å². The van der Waals surface area contributed by atoms with Crippen LogP contribution in [0, 0.1) is 0 Å². The highest BCUT2D eigenvalue weighted by Gasteiger charge is 2.15. The first-order chi connectivity index (χ1) is 14.1. The Labute approximate surface area is 177 Å². The van der Waals surface area contributed by atoms with Crippen molar-refractivity contribution in [2.75, 3.05) is 0 Å². The lowest BCUT2D eigenvalue weighted by Gasteiger charge is -2.09. The van der Waals surface area contributed by atoms with Crippen molar-refractivity contribution in [3.63, 3.8) is 0 Å². The van der Waals surface area contributed by atoms with Crippen molar-refractivity contribution in [3.05, 3.63) is 82.5 Å². The second-order valence-corrected chi connectivity index (χ2v) is 7.16. The van der Waals surface area contributed by atoms with E-state index in [1.165, 1.54) is 0 Å². The van der Waals surface area contributed by atoms with Crippen LogP contribution in [-0.2, 0) is 17.9 Å². The van der Waals surface area contributed by atoms with Gasteiger partial charge in [-0.2, -0.15) is 4.98 Å². The van der Waals surface area contributed by atoms with Crippen LogP contribution in [0.2, 0.25) is 10.0 Å². The molecule has 1 N–H and O–H groups in total. The van der Waals surface area contributed by atoms with Crippen LogP contribution in [0.25, 0.3) is 23.0 Å². The quantitative estimate of drug-likeness (QED) is 0.479. The average Bonchev–Trinajstić information content (AvgIpc) is 3.37. The van der Waals surface area contributed by atoms with E-state index >= 15 is 0 Å². The zero-order valence-electron chi connectivity index (χ0n) is 15.2. The van der Waals surface area contributed by atoms with Crippen molar-refractivity contribution in [3.8, 4) is 23.0 Å². The summed E-state index contributed by atoms with van der Waals surface area (Å²) in [6.45, 7) is 0.474. The lowest BCUT2D eigenvalue weighted by molar-refractivity contribution is -0.121. The van der Waals surface area contributed by atoms with Gasteiger partial charge in [-0.3, -0.25) is 4.79 Å². The second kappa shape index (κ2) is 8.51. The number of carbonyl (C=O) groups is 1. The highest BCUT2D eigenvalue weighted by atomic mass is 35.5. The molecule has 4 aromatic rings. The van der Waals surface area contributed by atoms with Gasteiger partial charge in [0.2, 0.25) is 11.7 Å². The van der Waals surface area contributed by atoms with E-state index in [1.54, 1.807) is 29.0 Å². The SMILES string of the molecule is O=C(Cn1cccc1-c1nc(-c2ccc(Cl)cc2)no1)NCc1ccccc1Cl. The number of nitrogens with one attached hydrogen (secondary N) is 1. The first kappa shape index (κ1) is 19.2. The zero-order valence-corrected chi connectivity index (χ0v) is 16.7. The number of rotatable bonds is 6. The molecule has 2 heterocycles. The van der Waals surface area contributed by atoms with Gasteiger partial charge in [0.25, 0.3) is 5.89 Å². The number of aromatic nitrogens is 3. The van der Waals surface area contributed by atoms with Gasteiger partial charge in [0, 0.05) is 28.4 Å². The van der Waals surface area contributed by atoms with Gasteiger partial charge in [-0.15, -0.1) is 0 Å². The van der Waals surface area contributed by atoms with E-state index in [0.717, 1.165) is 11.1 Å². The topological polar surface area (TPSA) is 73.0 Å². The molecule has 2 aromatic heterocycles. The molecule has 8 heteroatoms. The minimum Gasteiger partial charge on any atom is -0.350 e. The first-order valence-electron chi connectivity index (χ1n) is 8.85. The third-order valence-electron chi connectivity index (χ3n) is 4.32. The van der Waals surface area contributed by atoms with Crippen LogP contribution in [0.3, 0.4) is 0 Å². The third-order valence-corrected chi connectivity index (χ3v) is 4.95. The number of halogens is 2. The number of hydrogen-bond donors (Lipinski definition) is 1. The molecule has 2 aromatic carbocycles. The Balaban J connectivity index is 1.45. The molecular weight excluding hydrogens is 411 g/mol. The van der Waals surface area contributed by atoms with Crippen LogP contribution in [0.15, 0.2) is 71.4 Å². The predicted molar refractivity (Wildman–Crippen MR) is 111 cm³/mol. The maximum absolute atomic E-state index is 12.4. The Morgan fingerprint density at radius 1 is 1.03 bits per heavy atom. The predicted octanol–water partition coefficient (Wildman–Crippen LogP) is 4.83. The molecular formula is C21H16Cl2N4O2. The van der Waals surface area contributed by atoms with Gasteiger partial charge in [-0.05, 0) is 48.0 Å². The Bertz CT molecular complexity index is 1140. The normalized spacial score (nSPS) is 10.8. The molecule has 0 aliphatic heterocycles. The van der Waals surface area contributed by atoms with Gasteiger partial charge >= 0.3 is 0 Å². The number of nitrogens with zero attached hydrogens (tertiary/aromatic N) is 3. The molecule has 1 amide bonds. The molecule has 0 bridgehead atoms. The minimum atomic E-state index is -0.153. The lowest BCUT2D eigenvalue weighted by atomic mass is 10.2. The second-order valence-electron chi connectivity index (χ2n) is 6.32. The van der Waals surface area contributed by atoms with E-state index in [-0.39, 0.29) is 12.5 Å². The van der Waals surface area contributed by atoms with Gasteiger partial charge in [0.15, 0.2) is 0 Å². The van der Waals surface area contributed by atoms with Crippen LogP contribution >= 0.6 is 23.2 Å². The Hall–Kier alpha value is -3.09. The van der Waals surface area contributed by atoms with Crippen LogP contribution < -0.4 is 5.32 Å². The van der Waals surface area contributed by atoms with E-state index in [4.69, 9.17) is 27.7 Å². The summed E-state index contributed by atoms with van der Waals surface area (Å²) in [5.74, 6) is 0.631. The minimum absolute atomic E-state index is 0.117. The van der Waals surface area contributed by atoms with Crippen molar-refractivity contribution in [2.24, 2.45) is 0 Å². The van der Waals surface area contributed by atoms with Gasteiger partial charge in [-0.25, -0.2) is 0 Å². The lowest BCUT2D eigenvalue weighted by Crippen LogP contribution is -2.27. The molecule has 6 nitrogen and oxygen atoms in total. The van der Waals surface area contributed by atoms with Crippen LogP contribution in [0.4, 0.5) is 0 Å². The monoisotopic (exact) mass is 426 g/mol. The molecule has 146 valence electrons. The summed E-state index contributed by atoms with van der Waals surface area (Å²) < 4.78 is 7.15. The average molecular weight is 427 g/mol. The number of amides is 1. The molecule has 0 aliphatic rings. The van der Waals surface area contributed by atoms with E-state index in [9.17, 15) is 4.79 Å². The fourth-order valence-corrected chi connectivity index (χ4v) is 3.16. The fraction of sp³-hybridized carbons (Fsp3) is 0.0952. The summed E-state index contributed by atoms with van der Waals surface area (Å²) in [6.07, 6.45) is 1.79. The Morgan fingerprint density at radius 3 is 2.62 bits per heavy atom. The first-order valence-corrected chi connectivity index (χ1v) is 9.61. The maximum atomic E-state index is 12.4. The van der Waals surface area contributed by atoms with Crippen LogP contribution in [0.1, 0.15) is 5.56 Å². The Morgan fingerprint density at radius 2 is 1.83 bits per heavy atom. The largest absolute Gasteiger partial charge is 0.350 e. The van der Waals surface area contributed by atoms with E-state index < -0.39 is 0 Å². The summed E-state index contributed by atoms with van der Waals surface area (Å²) >= 11 is 12.0. The molecule has 29 heavy (non-hydrogen) atoms. The number of hydrogen-bond acceptors (Lipinski definition) is 4. The molecule has 0 fully saturated rings. The van der Waals surface area contributed by atoms with Gasteiger partial charge < -0.3 is 14.4 Å². The van der Waals surface area contributed by atoms with Crippen LogP contribution in [-0.4, -0.2) is 20.6 Å². The number of benzene rings is 2. The van der Waals surface area contributed by atoms with Crippen molar-refractivity contribution >= 4 is 29.1 Å². The summed E-state index contributed by atoms with van der Waals surface area (Å²) in [6, 6.07) is 18.2. The van der Waals surface area contributed by atoms with Gasteiger partial charge in [0.1, 0.15) is 12.2 Å². The van der Waals surface area contributed by atoms with Crippen molar-refractivity contribution < 1.29 is 9.32 Å². The molecule has 0 aliphatic carbocycles. The van der Waals surface area contributed by atoms with E-state index in [1.807, 2.05) is 42.5 Å². The Kier molecular flexibility index (Phi) is 5.64. The molecule has 0 spiro atoms. The summed E-state index contributed by atoms with van der Waals surface area (Å²) in [5.41, 5.74) is 2.31. The van der Waals surface area contributed by atoms with Crippen molar-refractivity contribution in [1.29, 1.82) is 0 Å². The molecule has 0 unspecified atom stereocenters. The third kappa shape index (κ3) is 4.50. The van der Waals surface area contributed by atoms with Gasteiger partial charge in [-0.1, -0.05) is 46.6 Å². The highest BCUT2D eigenvalue weighted by Crippen LogP contribution is 2.24. The fourth-order valence-electron chi connectivity index (χ4n) is 2.84. The zero-order chi connectivity index (χ0) is 20.2. The molecule has 0 radical (unpaired) electrons. The van der Waals surface area contributed by atoms with E-state index in [0.29, 0.717) is 34.0 Å². The smallest absolute Gasteiger partial charge is 0.274 e. The molecule has 0 saturated heterocycles. The number of carbonyl (C=O) groups excluding carboxylic acids is 1. The molecule has 0 atom stereocenters. The van der Waals surface area contributed by atoms with E-state index in [2.05, 4.69) is 15.5 Å². The van der Waals surface area contributed by atoms with Crippen LogP contribution in [0.5, 0.6) is 0 Å². The molecule has 4 rings (SSSR count). The van der Waals surface area contributed by atoms with Gasteiger partial charge in [0.05, 0.1) is 0 Å². The summed E-state index contributed by atoms with van der Waals surface area (Å²) in [7, 11) is 0. The standard InChI is InChI=1S/C21H16Cl2N4O2/c22-16-9-7-14(8-10-16)20-25-21(29-26-20)18-6-3-11-27(18)13-19(28)24-12-15-4-1-2-5-17(15)23/h1-11H,12-13H2,(H,24,28). The summed E-state index contributed by atoms with van der Waals surface area (Å²) in [5, 5.41) is 8.14. The summed E-state index contributed by atoms with van der Waals surface area (Å²) in [4.78, 5) is 16.8.